The second-order valence-electron chi connectivity index (χ2n) is 5.72. The molecule has 1 fully saturated rings. The Morgan fingerprint density at radius 2 is 1.87 bits per heavy atom. The van der Waals surface area contributed by atoms with Gasteiger partial charge in [-0.1, -0.05) is 23.7 Å². The Balaban J connectivity index is 2.03. The van der Waals surface area contributed by atoms with Crippen LogP contribution in [0.4, 0.5) is 4.39 Å². The normalized spacial score (nSPS) is 27.0. The van der Waals surface area contributed by atoms with E-state index in [1.165, 1.54) is 42.5 Å². The van der Waals surface area contributed by atoms with Crippen LogP contribution in [0.3, 0.4) is 0 Å². The molecule has 0 amide bonds. The van der Waals surface area contributed by atoms with E-state index in [-0.39, 0.29) is 4.90 Å². The molecule has 1 saturated carbocycles. The third-order valence-corrected chi connectivity index (χ3v) is 6.82. The topological polar surface area (TPSA) is 80.4 Å². The number of halogens is 2. The van der Waals surface area contributed by atoms with E-state index >= 15 is 0 Å². The van der Waals surface area contributed by atoms with Crippen LogP contribution in [0.15, 0.2) is 53.4 Å². The van der Waals surface area contributed by atoms with Crippen molar-refractivity contribution in [2.45, 2.75) is 21.6 Å². The molecule has 0 spiro atoms. The van der Waals surface area contributed by atoms with E-state index in [1.54, 1.807) is 6.07 Å². The largest absolute Gasteiger partial charge is 0.394 e. The van der Waals surface area contributed by atoms with Crippen LogP contribution in [0.5, 0.6) is 0 Å². The van der Waals surface area contributed by atoms with Crippen LogP contribution in [0.1, 0.15) is 11.5 Å². The highest BCUT2D eigenvalue weighted by molar-refractivity contribution is 7.92. The summed E-state index contributed by atoms with van der Waals surface area (Å²) in [4.78, 5) is 0.0779. The fourth-order valence-corrected chi connectivity index (χ4v) is 5.46. The Kier molecular flexibility index (Phi) is 3.96. The van der Waals surface area contributed by atoms with Crippen molar-refractivity contribution in [2.24, 2.45) is 5.73 Å². The van der Waals surface area contributed by atoms with Gasteiger partial charge in [0.25, 0.3) is 0 Å². The summed E-state index contributed by atoms with van der Waals surface area (Å²) < 4.78 is 39.1. The number of rotatable bonds is 4. The van der Waals surface area contributed by atoms with E-state index < -0.39 is 39.0 Å². The first-order chi connectivity index (χ1) is 10.8. The number of benzene rings is 2. The van der Waals surface area contributed by atoms with E-state index in [0.717, 1.165) is 0 Å². The summed E-state index contributed by atoms with van der Waals surface area (Å²) in [5.41, 5.74) is 5.23. The molecule has 2 aromatic rings. The van der Waals surface area contributed by atoms with Crippen molar-refractivity contribution in [1.29, 1.82) is 0 Å². The van der Waals surface area contributed by atoms with Crippen LogP contribution in [0.25, 0.3) is 0 Å². The number of aliphatic hydroxyl groups excluding tert-OH is 1. The average Bonchev–Trinajstić information content (AvgIpc) is 3.15. The summed E-state index contributed by atoms with van der Waals surface area (Å²) in [6, 6.07) is 11.4. The van der Waals surface area contributed by atoms with Crippen molar-refractivity contribution < 1.29 is 17.9 Å². The fourth-order valence-electron chi connectivity index (χ4n) is 3.04. The molecular formula is C16H15ClFNO3S. The van der Waals surface area contributed by atoms with Gasteiger partial charge in [0.2, 0.25) is 0 Å². The third kappa shape index (κ3) is 2.65. The highest BCUT2D eigenvalue weighted by Crippen LogP contribution is 2.55. The first-order valence-electron chi connectivity index (χ1n) is 6.95. The van der Waals surface area contributed by atoms with Crippen molar-refractivity contribution in [3.63, 3.8) is 0 Å². The molecule has 3 atom stereocenters. The van der Waals surface area contributed by atoms with Crippen molar-refractivity contribution in [1.82, 2.24) is 0 Å². The van der Waals surface area contributed by atoms with Crippen LogP contribution in [-0.2, 0) is 9.84 Å². The zero-order valence-electron chi connectivity index (χ0n) is 12.0. The summed E-state index contributed by atoms with van der Waals surface area (Å²) in [5.74, 6) is -1.14. The number of hydrogen-bond donors (Lipinski definition) is 2. The minimum Gasteiger partial charge on any atom is -0.394 e. The van der Waals surface area contributed by atoms with Gasteiger partial charge in [-0.05, 0) is 42.0 Å². The van der Waals surface area contributed by atoms with Crippen LogP contribution in [0.2, 0.25) is 5.02 Å². The van der Waals surface area contributed by atoms with Gasteiger partial charge in [-0.2, -0.15) is 0 Å². The van der Waals surface area contributed by atoms with Gasteiger partial charge >= 0.3 is 0 Å². The van der Waals surface area contributed by atoms with Gasteiger partial charge in [0.1, 0.15) is 5.82 Å². The molecule has 0 aromatic heterocycles. The summed E-state index contributed by atoms with van der Waals surface area (Å²) in [7, 11) is -3.78. The number of nitrogens with two attached hydrogens (primary N) is 1. The van der Waals surface area contributed by atoms with Crippen LogP contribution < -0.4 is 5.73 Å². The Bertz CT molecular complexity index is 841. The Hall–Kier alpha value is -1.47. The lowest BCUT2D eigenvalue weighted by molar-refractivity contribution is 0.253. The maximum atomic E-state index is 13.4. The molecule has 23 heavy (non-hydrogen) atoms. The Morgan fingerprint density at radius 3 is 2.43 bits per heavy atom. The number of hydrogen-bond acceptors (Lipinski definition) is 4. The molecule has 0 radical (unpaired) electrons. The standard InChI is InChI=1S/C16H15ClFNO3S/c17-11-4-6-13(7-5-11)23(21,22)15-14(16(15,19)9-20)10-2-1-3-12(18)8-10/h1-8,14-15,20H,9,19H2/t14-,15-,16-/m1/s1. The predicted molar refractivity (Wildman–Crippen MR) is 85.6 cm³/mol. The molecule has 122 valence electrons. The first kappa shape index (κ1) is 16.4. The molecule has 4 nitrogen and oxygen atoms in total. The van der Waals surface area contributed by atoms with Gasteiger partial charge in [0.05, 0.1) is 22.3 Å². The maximum absolute atomic E-state index is 13.4. The van der Waals surface area contributed by atoms with Crippen molar-refractivity contribution in [3.05, 3.63) is 64.9 Å². The summed E-state index contributed by atoms with van der Waals surface area (Å²) in [6.45, 7) is -0.508. The molecular weight excluding hydrogens is 341 g/mol. The minimum atomic E-state index is -3.78. The first-order valence-corrected chi connectivity index (χ1v) is 8.88. The lowest BCUT2D eigenvalue weighted by atomic mass is 10.1. The van der Waals surface area contributed by atoms with E-state index in [1.807, 2.05) is 0 Å². The van der Waals surface area contributed by atoms with Gasteiger partial charge in [-0.15, -0.1) is 0 Å². The third-order valence-electron chi connectivity index (χ3n) is 4.26. The minimum absolute atomic E-state index is 0.0779. The molecule has 0 bridgehead atoms. The monoisotopic (exact) mass is 355 g/mol. The van der Waals surface area contributed by atoms with Gasteiger partial charge in [0.15, 0.2) is 9.84 Å². The SMILES string of the molecule is N[C@]1(CO)[C@H](c2cccc(F)c2)[C@H]1S(=O)(=O)c1ccc(Cl)cc1. The summed E-state index contributed by atoms with van der Waals surface area (Å²) in [6.07, 6.45) is 0. The molecule has 0 aliphatic heterocycles. The molecule has 7 heteroatoms. The van der Waals surface area contributed by atoms with Crippen LogP contribution in [-0.4, -0.2) is 30.9 Å². The van der Waals surface area contributed by atoms with Gasteiger partial charge < -0.3 is 10.8 Å². The fraction of sp³-hybridized carbons (Fsp3) is 0.250. The second kappa shape index (κ2) is 5.56. The highest BCUT2D eigenvalue weighted by Gasteiger charge is 2.69. The summed E-state index contributed by atoms with van der Waals surface area (Å²) in [5, 5.41) is 8.99. The molecule has 3 N–H and O–H groups in total. The lowest BCUT2D eigenvalue weighted by Gasteiger charge is -2.08. The Labute approximate surface area is 138 Å². The van der Waals surface area contributed by atoms with Crippen molar-refractivity contribution in [2.75, 3.05) is 6.61 Å². The van der Waals surface area contributed by atoms with Crippen molar-refractivity contribution in [3.8, 4) is 0 Å². The number of aliphatic hydroxyl groups is 1. The van der Waals surface area contributed by atoms with E-state index in [4.69, 9.17) is 17.3 Å². The molecule has 1 aliphatic rings. The predicted octanol–water partition coefficient (Wildman–Crippen LogP) is 2.11. The van der Waals surface area contributed by atoms with E-state index in [9.17, 15) is 17.9 Å². The molecule has 0 saturated heterocycles. The zero-order chi connectivity index (χ0) is 16.8. The van der Waals surface area contributed by atoms with E-state index in [0.29, 0.717) is 10.6 Å². The highest BCUT2D eigenvalue weighted by atomic mass is 35.5. The number of sulfone groups is 1. The molecule has 0 unspecified atom stereocenters. The summed E-state index contributed by atoms with van der Waals surface area (Å²) >= 11 is 5.78. The van der Waals surface area contributed by atoms with Gasteiger partial charge in [0, 0.05) is 10.9 Å². The molecule has 3 rings (SSSR count). The quantitative estimate of drug-likeness (QED) is 0.880. The second-order valence-corrected chi connectivity index (χ2v) is 8.23. The Morgan fingerprint density at radius 1 is 1.22 bits per heavy atom. The van der Waals surface area contributed by atoms with Gasteiger partial charge in [-0.3, -0.25) is 0 Å². The van der Waals surface area contributed by atoms with E-state index in [2.05, 4.69) is 0 Å². The molecule has 0 heterocycles. The maximum Gasteiger partial charge on any atom is 0.183 e. The van der Waals surface area contributed by atoms with Crippen LogP contribution >= 0.6 is 11.6 Å². The van der Waals surface area contributed by atoms with Crippen molar-refractivity contribution >= 4 is 21.4 Å². The zero-order valence-corrected chi connectivity index (χ0v) is 13.6. The van der Waals surface area contributed by atoms with Crippen LogP contribution in [0, 0.1) is 5.82 Å². The molecule has 2 aromatic carbocycles. The lowest BCUT2D eigenvalue weighted by Crippen LogP contribution is -2.35. The smallest absolute Gasteiger partial charge is 0.183 e. The van der Waals surface area contributed by atoms with Gasteiger partial charge in [-0.25, -0.2) is 12.8 Å². The molecule has 1 aliphatic carbocycles. The average molecular weight is 356 g/mol.